The topological polar surface area (TPSA) is 86.8 Å². The lowest BCUT2D eigenvalue weighted by molar-refractivity contribution is -0.128. The maximum atomic E-state index is 13.6. The molecule has 0 atom stereocenters. The maximum Gasteiger partial charge on any atom is 0.264 e. The van der Waals surface area contributed by atoms with Gasteiger partial charge in [0.1, 0.15) is 6.54 Å². The van der Waals surface area contributed by atoms with E-state index in [1.54, 1.807) is 30.3 Å². The second kappa shape index (κ2) is 11.4. The van der Waals surface area contributed by atoms with Gasteiger partial charge in [0.25, 0.3) is 10.0 Å². The number of amides is 2. The summed E-state index contributed by atoms with van der Waals surface area (Å²) in [5, 5.41) is 2.89. The van der Waals surface area contributed by atoms with Crippen molar-refractivity contribution in [3.05, 3.63) is 95.6 Å². The van der Waals surface area contributed by atoms with Crippen LogP contribution in [0, 0.1) is 0 Å². The number of para-hydroxylation sites is 1. The molecule has 0 spiro atoms. The van der Waals surface area contributed by atoms with E-state index in [0.717, 1.165) is 29.7 Å². The number of anilines is 1. The monoisotopic (exact) mass is 505 g/mol. The van der Waals surface area contributed by atoms with Crippen LogP contribution >= 0.6 is 0 Å². The average molecular weight is 506 g/mol. The first-order valence-corrected chi connectivity index (χ1v) is 13.6. The molecule has 0 aliphatic carbocycles. The van der Waals surface area contributed by atoms with Crippen molar-refractivity contribution >= 4 is 27.5 Å². The Kier molecular flexibility index (Phi) is 8.05. The van der Waals surface area contributed by atoms with Crippen LogP contribution in [-0.4, -0.2) is 38.2 Å². The van der Waals surface area contributed by atoms with Gasteiger partial charge in [-0.2, -0.15) is 0 Å². The number of hydrogen-bond acceptors (Lipinski definition) is 4. The second-order valence-corrected chi connectivity index (χ2v) is 10.6. The zero-order chi connectivity index (χ0) is 25.5. The summed E-state index contributed by atoms with van der Waals surface area (Å²) in [7, 11) is -3.97. The van der Waals surface area contributed by atoms with Crippen molar-refractivity contribution in [2.45, 2.75) is 44.2 Å². The molecule has 188 valence electrons. The summed E-state index contributed by atoms with van der Waals surface area (Å²) < 4.78 is 28.4. The van der Waals surface area contributed by atoms with Gasteiger partial charge in [-0.1, -0.05) is 67.6 Å². The minimum atomic E-state index is -3.97. The van der Waals surface area contributed by atoms with Gasteiger partial charge >= 0.3 is 0 Å². The average Bonchev–Trinajstić information content (AvgIpc) is 3.31. The molecule has 2 amide bonds. The molecule has 0 unspecified atom stereocenters. The van der Waals surface area contributed by atoms with Gasteiger partial charge in [-0.25, -0.2) is 8.42 Å². The van der Waals surface area contributed by atoms with Crippen molar-refractivity contribution in [3.63, 3.8) is 0 Å². The highest BCUT2D eigenvalue weighted by molar-refractivity contribution is 7.92. The lowest BCUT2D eigenvalue weighted by atomic mass is 10.1. The van der Waals surface area contributed by atoms with Crippen molar-refractivity contribution in [1.82, 2.24) is 10.2 Å². The summed E-state index contributed by atoms with van der Waals surface area (Å²) in [5.74, 6) is -0.266. The predicted molar refractivity (Wildman–Crippen MR) is 140 cm³/mol. The summed E-state index contributed by atoms with van der Waals surface area (Å²) in [4.78, 5) is 27.1. The summed E-state index contributed by atoms with van der Waals surface area (Å²) in [5.41, 5.74) is 3.20. The van der Waals surface area contributed by atoms with Crippen LogP contribution in [-0.2, 0) is 39.1 Å². The molecule has 0 radical (unpaired) electrons. The molecule has 1 aliphatic heterocycles. The Balaban J connectivity index is 1.54. The van der Waals surface area contributed by atoms with Crippen LogP contribution in [0.25, 0.3) is 0 Å². The van der Waals surface area contributed by atoms with E-state index in [0.29, 0.717) is 25.1 Å². The molecular weight excluding hydrogens is 474 g/mol. The molecule has 3 aromatic carbocycles. The van der Waals surface area contributed by atoms with Gasteiger partial charge in [-0.05, 0) is 47.7 Å². The van der Waals surface area contributed by atoms with Gasteiger partial charge in [-0.3, -0.25) is 13.9 Å². The molecule has 8 heteroatoms. The highest BCUT2D eigenvalue weighted by Crippen LogP contribution is 2.27. The molecule has 36 heavy (non-hydrogen) atoms. The van der Waals surface area contributed by atoms with Gasteiger partial charge in [-0.15, -0.1) is 0 Å². The first-order chi connectivity index (χ1) is 17.4. The van der Waals surface area contributed by atoms with Gasteiger partial charge in [0.15, 0.2) is 0 Å². The minimum Gasteiger partial charge on any atom is -0.350 e. The first kappa shape index (κ1) is 25.4. The van der Waals surface area contributed by atoms with Gasteiger partial charge < -0.3 is 10.2 Å². The Morgan fingerprint density at radius 3 is 2.22 bits per heavy atom. The van der Waals surface area contributed by atoms with E-state index in [4.69, 9.17) is 0 Å². The number of rotatable bonds is 10. The SMILES string of the molecule is CCc1ccccc1N(CC(=O)NCc1ccccc1CN1CCCC1=O)S(=O)(=O)c1ccccc1. The molecule has 1 fully saturated rings. The fraction of sp³-hybridized carbons (Fsp3) is 0.286. The van der Waals surface area contributed by atoms with Crippen LogP contribution in [0.1, 0.15) is 36.5 Å². The van der Waals surface area contributed by atoms with Gasteiger partial charge in [0, 0.05) is 26.1 Å². The van der Waals surface area contributed by atoms with Crippen LogP contribution in [0.4, 0.5) is 5.69 Å². The van der Waals surface area contributed by atoms with E-state index in [1.807, 2.05) is 48.2 Å². The third-order valence-corrected chi connectivity index (χ3v) is 8.16. The quantitative estimate of drug-likeness (QED) is 0.453. The standard InChI is InChI=1S/C28H31N3O4S/c1-2-22-11-8-9-16-26(22)31(36(34,35)25-14-4-3-5-15-25)21-27(32)29-19-23-12-6-7-13-24(23)20-30-18-10-17-28(30)33/h3-9,11-16H,2,10,17-21H2,1H3,(H,29,32). The van der Waals surface area contributed by atoms with Crippen LogP contribution in [0.15, 0.2) is 83.8 Å². The molecule has 0 saturated carbocycles. The van der Waals surface area contributed by atoms with Crippen molar-refractivity contribution in [1.29, 1.82) is 0 Å². The Labute approximate surface area is 212 Å². The van der Waals surface area contributed by atoms with Crippen LogP contribution in [0.2, 0.25) is 0 Å². The van der Waals surface area contributed by atoms with Crippen LogP contribution in [0.5, 0.6) is 0 Å². The lowest BCUT2D eigenvalue weighted by Crippen LogP contribution is -2.41. The van der Waals surface area contributed by atoms with Crippen molar-refractivity contribution in [2.24, 2.45) is 0 Å². The van der Waals surface area contributed by atoms with Crippen molar-refractivity contribution in [2.75, 3.05) is 17.4 Å². The number of carbonyl (C=O) groups excluding carboxylic acids is 2. The normalized spacial score (nSPS) is 13.6. The summed E-state index contributed by atoms with van der Waals surface area (Å²) in [6.45, 7) is 3.09. The third kappa shape index (κ3) is 5.76. The fourth-order valence-electron chi connectivity index (χ4n) is 4.41. The molecular formula is C28H31N3O4S. The third-order valence-electron chi connectivity index (χ3n) is 6.39. The molecule has 3 aromatic rings. The zero-order valence-electron chi connectivity index (χ0n) is 20.4. The maximum absolute atomic E-state index is 13.6. The summed E-state index contributed by atoms with van der Waals surface area (Å²) in [6.07, 6.45) is 2.06. The van der Waals surface area contributed by atoms with Crippen LogP contribution in [0.3, 0.4) is 0 Å². The Hall–Kier alpha value is -3.65. The van der Waals surface area contributed by atoms with Crippen molar-refractivity contribution in [3.8, 4) is 0 Å². The smallest absolute Gasteiger partial charge is 0.264 e. The van der Waals surface area contributed by atoms with Crippen LogP contribution < -0.4 is 9.62 Å². The molecule has 1 N–H and O–H groups in total. The summed E-state index contributed by atoms with van der Waals surface area (Å²) in [6, 6.07) is 23.1. The number of sulfonamides is 1. The number of nitrogens with one attached hydrogen (secondary N) is 1. The Morgan fingerprint density at radius 2 is 1.56 bits per heavy atom. The van der Waals surface area contributed by atoms with E-state index in [1.165, 1.54) is 16.4 Å². The Bertz CT molecular complexity index is 1330. The number of aryl methyl sites for hydroxylation is 1. The highest BCUT2D eigenvalue weighted by atomic mass is 32.2. The lowest BCUT2D eigenvalue weighted by Gasteiger charge is -2.26. The van der Waals surface area contributed by atoms with E-state index in [9.17, 15) is 18.0 Å². The largest absolute Gasteiger partial charge is 0.350 e. The van der Waals surface area contributed by atoms with E-state index in [2.05, 4.69) is 5.32 Å². The molecule has 1 saturated heterocycles. The number of hydrogen-bond donors (Lipinski definition) is 1. The van der Waals surface area contributed by atoms with E-state index >= 15 is 0 Å². The second-order valence-electron chi connectivity index (χ2n) is 8.77. The highest BCUT2D eigenvalue weighted by Gasteiger charge is 2.28. The van der Waals surface area contributed by atoms with Gasteiger partial charge in [0.05, 0.1) is 10.6 Å². The number of benzene rings is 3. The predicted octanol–water partition coefficient (Wildman–Crippen LogP) is 3.88. The molecule has 4 rings (SSSR count). The Morgan fingerprint density at radius 1 is 0.917 bits per heavy atom. The molecule has 1 aliphatic rings. The first-order valence-electron chi connectivity index (χ1n) is 12.2. The molecule has 7 nitrogen and oxygen atoms in total. The number of carbonyl (C=O) groups is 2. The summed E-state index contributed by atoms with van der Waals surface area (Å²) >= 11 is 0. The molecule has 0 aromatic heterocycles. The minimum absolute atomic E-state index is 0.129. The zero-order valence-corrected chi connectivity index (χ0v) is 21.2. The number of nitrogens with zero attached hydrogens (tertiary/aromatic N) is 2. The van der Waals surface area contributed by atoms with E-state index < -0.39 is 15.9 Å². The molecule has 0 bridgehead atoms. The fourth-order valence-corrected chi connectivity index (χ4v) is 5.89. The number of likely N-dealkylation sites (tertiary alicyclic amines) is 1. The van der Waals surface area contributed by atoms with E-state index in [-0.39, 0.29) is 23.9 Å². The molecule has 1 heterocycles. The van der Waals surface area contributed by atoms with Gasteiger partial charge in [0.2, 0.25) is 11.8 Å². The van der Waals surface area contributed by atoms with Crippen molar-refractivity contribution < 1.29 is 18.0 Å².